The van der Waals surface area contributed by atoms with Crippen LogP contribution in [0.2, 0.25) is 0 Å². The molecule has 0 aromatic heterocycles. The van der Waals surface area contributed by atoms with Crippen molar-refractivity contribution in [2.45, 2.75) is 6.54 Å². The van der Waals surface area contributed by atoms with Gasteiger partial charge in [0.05, 0.1) is 0 Å². The third-order valence-electron chi connectivity index (χ3n) is 2.35. The maximum absolute atomic E-state index is 13.5. The summed E-state index contributed by atoms with van der Waals surface area (Å²) in [4.78, 5) is 23.4. The lowest BCUT2D eigenvalue weighted by atomic mass is 10.2. The zero-order chi connectivity index (χ0) is 14.3. The van der Waals surface area contributed by atoms with Crippen LogP contribution in [0.15, 0.2) is 49.1 Å². The van der Waals surface area contributed by atoms with Crippen LogP contribution in [0.3, 0.4) is 0 Å². The van der Waals surface area contributed by atoms with Gasteiger partial charge in [-0.05, 0) is 6.07 Å². The second-order valence-corrected chi connectivity index (χ2v) is 3.77. The lowest BCUT2D eigenvalue weighted by Gasteiger charge is -2.19. The SMILES string of the molecule is C=CCN(Cc1ccccc1F)C(=O)/C=C/C(=O)O. The molecule has 0 saturated heterocycles. The van der Waals surface area contributed by atoms with Gasteiger partial charge in [-0.1, -0.05) is 24.3 Å². The second kappa shape index (κ2) is 7.10. The van der Waals surface area contributed by atoms with E-state index in [0.29, 0.717) is 5.56 Å². The van der Waals surface area contributed by atoms with Crippen LogP contribution in [0.4, 0.5) is 4.39 Å². The van der Waals surface area contributed by atoms with E-state index >= 15 is 0 Å². The first kappa shape index (κ1) is 14.6. The van der Waals surface area contributed by atoms with Gasteiger partial charge in [-0.3, -0.25) is 4.79 Å². The van der Waals surface area contributed by atoms with Crippen LogP contribution >= 0.6 is 0 Å². The Balaban J connectivity index is 2.83. The van der Waals surface area contributed by atoms with Crippen molar-refractivity contribution in [3.8, 4) is 0 Å². The van der Waals surface area contributed by atoms with Crippen LogP contribution in [0.25, 0.3) is 0 Å². The van der Waals surface area contributed by atoms with Crippen molar-refractivity contribution in [2.75, 3.05) is 6.54 Å². The molecule has 100 valence electrons. The molecule has 19 heavy (non-hydrogen) atoms. The number of benzene rings is 1. The van der Waals surface area contributed by atoms with Crippen LogP contribution < -0.4 is 0 Å². The summed E-state index contributed by atoms with van der Waals surface area (Å²) in [5.41, 5.74) is 0.362. The molecule has 0 heterocycles. The smallest absolute Gasteiger partial charge is 0.328 e. The Kier molecular flexibility index (Phi) is 5.47. The number of carbonyl (C=O) groups is 2. The first-order valence-electron chi connectivity index (χ1n) is 5.58. The second-order valence-electron chi connectivity index (χ2n) is 3.77. The summed E-state index contributed by atoms with van der Waals surface area (Å²) >= 11 is 0. The van der Waals surface area contributed by atoms with E-state index < -0.39 is 17.7 Å². The molecule has 0 bridgehead atoms. The fourth-order valence-corrected chi connectivity index (χ4v) is 1.47. The molecule has 0 aliphatic heterocycles. The van der Waals surface area contributed by atoms with Crippen molar-refractivity contribution >= 4 is 11.9 Å². The number of hydrogen-bond acceptors (Lipinski definition) is 2. The molecule has 1 rings (SSSR count). The molecule has 1 N–H and O–H groups in total. The van der Waals surface area contributed by atoms with Gasteiger partial charge in [0.1, 0.15) is 5.82 Å². The van der Waals surface area contributed by atoms with Gasteiger partial charge in [0, 0.05) is 30.8 Å². The molecular weight excluding hydrogens is 249 g/mol. The van der Waals surface area contributed by atoms with Gasteiger partial charge in [-0.2, -0.15) is 0 Å². The van der Waals surface area contributed by atoms with Gasteiger partial charge in [-0.25, -0.2) is 9.18 Å². The van der Waals surface area contributed by atoms with Crippen molar-refractivity contribution in [2.24, 2.45) is 0 Å². The van der Waals surface area contributed by atoms with Crippen LogP contribution in [0.1, 0.15) is 5.56 Å². The molecule has 0 unspecified atom stereocenters. The predicted molar refractivity (Wildman–Crippen MR) is 68.8 cm³/mol. The van der Waals surface area contributed by atoms with E-state index in [1.807, 2.05) is 0 Å². The number of hydrogen-bond donors (Lipinski definition) is 1. The fraction of sp³-hybridized carbons (Fsp3) is 0.143. The Bertz CT molecular complexity index is 511. The molecule has 0 spiro atoms. The summed E-state index contributed by atoms with van der Waals surface area (Å²) in [6, 6.07) is 6.10. The molecular formula is C14H14FNO3. The quantitative estimate of drug-likeness (QED) is 0.630. The molecule has 0 aliphatic rings. The first-order valence-corrected chi connectivity index (χ1v) is 5.58. The highest BCUT2D eigenvalue weighted by molar-refractivity contribution is 5.93. The molecule has 0 saturated carbocycles. The number of rotatable bonds is 6. The van der Waals surface area contributed by atoms with Crippen molar-refractivity contribution in [3.05, 3.63) is 60.5 Å². The summed E-state index contributed by atoms with van der Waals surface area (Å²) in [7, 11) is 0. The Hall–Kier alpha value is -2.43. The number of carbonyl (C=O) groups excluding carboxylic acids is 1. The van der Waals surface area contributed by atoms with Gasteiger partial charge in [0.2, 0.25) is 5.91 Å². The Labute approximate surface area is 110 Å². The Morgan fingerprint density at radius 2 is 2.00 bits per heavy atom. The van der Waals surface area contributed by atoms with Crippen LogP contribution in [0, 0.1) is 5.82 Å². The van der Waals surface area contributed by atoms with Crippen LogP contribution in [0.5, 0.6) is 0 Å². The molecule has 1 aromatic carbocycles. The molecule has 0 aliphatic carbocycles. The lowest BCUT2D eigenvalue weighted by molar-refractivity contribution is -0.132. The third kappa shape index (κ3) is 4.75. The average molecular weight is 263 g/mol. The largest absolute Gasteiger partial charge is 0.478 e. The number of nitrogens with zero attached hydrogens (tertiary/aromatic N) is 1. The van der Waals surface area contributed by atoms with Gasteiger partial charge >= 0.3 is 5.97 Å². The van der Waals surface area contributed by atoms with Crippen molar-refractivity contribution in [1.82, 2.24) is 4.90 Å². The van der Waals surface area contributed by atoms with Gasteiger partial charge < -0.3 is 10.0 Å². The number of carboxylic acid groups (broad SMARTS) is 1. The first-order chi connectivity index (χ1) is 9.04. The minimum atomic E-state index is -1.21. The minimum absolute atomic E-state index is 0.0570. The van der Waals surface area contributed by atoms with E-state index in [1.165, 1.54) is 17.0 Å². The number of carboxylic acids is 1. The zero-order valence-electron chi connectivity index (χ0n) is 10.3. The van der Waals surface area contributed by atoms with Crippen molar-refractivity contribution in [3.63, 3.8) is 0 Å². The fourth-order valence-electron chi connectivity index (χ4n) is 1.47. The van der Waals surface area contributed by atoms with E-state index in [4.69, 9.17) is 5.11 Å². The number of halogens is 1. The number of aliphatic carboxylic acids is 1. The molecule has 5 heteroatoms. The van der Waals surface area contributed by atoms with Crippen LogP contribution in [-0.4, -0.2) is 28.4 Å². The van der Waals surface area contributed by atoms with Crippen LogP contribution in [-0.2, 0) is 16.1 Å². The molecule has 0 fully saturated rings. The highest BCUT2D eigenvalue weighted by atomic mass is 19.1. The molecule has 0 atom stereocenters. The predicted octanol–water partition coefficient (Wildman–Crippen LogP) is 1.98. The molecule has 1 aromatic rings. The Morgan fingerprint density at radius 1 is 1.32 bits per heavy atom. The van der Waals surface area contributed by atoms with E-state index in [0.717, 1.165) is 12.2 Å². The maximum atomic E-state index is 13.5. The summed E-state index contributed by atoms with van der Waals surface area (Å²) in [6.45, 7) is 3.78. The Morgan fingerprint density at radius 3 is 2.58 bits per heavy atom. The van der Waals surface area contributed by atoms with E-state index in [-0.39, 0.29) is 13.1 Å². The highest BCUT2D eigenvalue weighted by Gasteiger charge is 2.12. The third-order valence-corrected chi connectivity index (χ3v) is 2.35. The number of amides is 1. The van der Waals surface area contributed by atoms with E-state index in [9.17, 15) is 14.0 Å². The summed E-state index contributed by atoms with van der Waals surface area (Å²) < 4.78 is 13.5. The molecule has 0 radical (unpaired) electrons. The highest BCUT2D eigenvalue weighted by Crippen LogP contribution is 2.10. The summed E-state index contributed by atoms with van der Waals surface area (Å²) in [6.07, 6.45) is 3.18. The maximum Gasteiger partial charge on any atom is 0.328 e. The van der Waals surface area contributed by atoms with Gasteiger partial charge in [-0.15, -0.1) is 6.58 Å². The minimum Gasteiger partial charge on any atom is -0.478 e. The van der Waals surface area contributed by atoms with Crippen molar-refractivity contribution in [1.29, 1.82) is 0 Å². The van der Waals surface area contributed by atoms with Crippen molar-refractivity contribution < 1.29 is 19.1 Å². The average Bonchev–Trinajstić information content (AvgIpc) is 2.38. The van der Waals surface area contributed by atoms with E-state index in [2.05, 4.69) is 6.58 Å². The molecule has 1 amide bonds. The monoisotopic (exact) mass is 263 g/mol. The lowest BCUT2D eigenvalue weighted by Crippen LogP contribution is -2.29. The standard InChI is InChI=1S/C14H14FNO3/c1-2-9-16(13(17)7-8-14(18)19)10-11-5-3-4-6-12(11)15/h2-8H,1,9-10H2,(H,18,19)/b8-7+. The normalized spacial score (nSPS) is 10.4. The summed E-state index contributed by atoms with van der Waals surface area (Å²) in [5, 5.41) is 8.47. The van der Waals surface area contributed by atoms with E-state index in [1.54, 1.807) is 18.2 Å². The zero-order valence-corrected chi connectivity index (χ0v) is 10.3. The summed E-state index contributed by atoms with van der Waals surface area (Å²) in [5.74, 6) is -2.13. The van der Waals surface area contributed by atoms with Gasteiger partial charge in [0.15, 0.2) is 0 Å². The molecule has 4 nitrogen and oxygen atoms in total. The topological polar surface area (TPSA) is 57.6 Å². The van der Waals surface area contributed by atoms with Gasteiger partial charge in [0.25, 0.3) is 0 Å².